The van der Waals surface area contributed by atoms with Gasteiger partial charge in [0.1, 0.15) is 5.69 Å². The molecule has 1 aromatic carbocycles. The number of carbonyl (C=O) groups excluding carboxylic acids is 1. The number of aromatic nitrogens is 1. The van der Waals surface area contributed by atoms with E-state index < -0.39 is 0 Å². The summed E-state index contributed by atoms with van der Waals surface area (Å²) in [7, 11) is 0. The largest absolute Gasteiger partial charge is 0.384 e. The quantitative estimate of drug-likeness (QED) is 0.784. The standard InChI is InChI=1S/C19H25N3O/c1-15(2)10-12-20-17-8-9-18(22-14-17)19(23)21-13-11-16-6-4-3-5-7-16/h3-9,14-15,20H,10-13H2,1-2H3,(H,21,23). The summed E-state index contributed by atoms with van der Waals surface area (Å²) in [5.41, 5.74) is 2.62. The van der Waals surface area contributed by atoms with Crippen LogP contribution in [0.15, 0.2) is 48.7 Å². The zero-order valence-corrected chi connectivity index (χ0v) is 13.9. The number of anilines is 1. The summed E-state index contributed by atoms with van der Waals surface area (Å²) in [4.78, 5) is 16.3. The minimum absolute atomic E-state index is 0.130. The lowest BCUT2D eigenvalue weighted by atomic mass is 10.1. The Bertz CT molecular complexity index is 594. The lowest BCUT2D eigenvalue weighted by Gasteiger charge is -2.09. The van der Waals surface area contributed by atoms with Gasteiger partial charge in [0.15, 0.2) is 0 Å². The van der Waals surface area contributed by atoms with Crippen LogP contribution in [-0.4, -0.2) is 24.0 Å². The van der Waals surface area contributed by atoms with Crippen molar-refractivity contribution in [3.05, 3.63) is 59.9 Å². The van der Waals surface area contributed by atoms with Crippen molar-refractivity contribution in [2.75, 3.05) is 18.4 Å². The third kappa shape index (κ3) is 6.10. The van der Waals surface area contributed by atoms with Gasteiger partial charge in [0.2, 0.25) is 0 Å². The minimum atomic E-state index is -0.130. The van der Waals surface area contributed by atoms with Gasteiger partial charge in [-0.2, -0.15) is 0 Å². The molecule has 2 rings (SSSR count). The molecular formula is C19H25N3O. The number of hydrogen-bond donors (Lipinski definition) is 2. The predicted molar refractivity (Wildman–Crippen MR) is 94.7 cm³/mol. The van der Waals surface area contributed by atoms with Gasteiger partial charge in [0.05, 0.1) is 11.9 Å². The van der Waals surface area contributed by atoms with Crippen LogP contribution in [0.2, 0.25) is 0 Å². The highest BCUT2D eigenvalue weighted by molar-refractivity contribution is 5.92. The number of nitrogens with one attached hydrogen (secondary N) is 2. The normalized spacial score (nSPS) is 10.6. The number of pyridine rings is 1. The molecule has 0 saturated carbocycles. The van der Waals surface area contributed by atoms with E-state index >= 15 is 0 Å². The highest BCUT2D eigenvalue weighted by atomic mass is 16.1. The molecule has 4 nitrogen and oxygen atoms in total. The number of rotatable bonds is 8. The number of amides is 1. The third-order valence-corrected chi connectivity index (χ3v) is 3.59. The second-order valence-electron chi connectivity index (χ2n) is 6.03. The van der Waals surface area contributed by atoms with Gasteiger partial charge < -0.3 is 10.6 Å². The summed E-state index contributed by atoms with van der Waals surface area (Å²) in [5, 5.41) is 6.22. The van der Waals surface area contributed by atoms with E-state index in [-0.39, 0.29) is 5.91 Å². The number of benzene rings is 1. The minimum Gasteiger partial charge on any atom is -0.384 e. The molecule has 0 saturated heterocycles. The summed E-state index contributed by atoms with van der Waals surface area (Å²) < 4.78 is 0. The van der Waals surface area contributed by atoms with E-state index in [1.807, 2.05) is 24.3 Å². The Morgan fingerprint density at radius 3 is 2.52 bits per heavy atom. The summed E-state index contributed by atoms with van der Waals surface area (Å²) in [5.74, 6) is 0.541. The van der Waals surface area contributed by atoms with Crippen molar-refractivity contribution in [1.29, 1.82) is 0 Å². The van der Waals surface area contributed by atoms with Crippen LogP contribution in [0.3, 0.4) is 0 Å². The maximum Gasteiger partial charge on any atom is 0.269 e. The van der Waals surface area contributed by atoms with Crippen LogP contribution in [0.4, 0.5) is 5.69 Å². The van der Waals surface area contributed by atoms with Crippen molar-refractivity contribution >= 4 is 11.6 Å². The van der Waals surface area contributed by atoms with Crippen molar-refractivity contribution in [2.45, 2.75) is 26.7 Å². The third-order valence-electron chi connectivity index (χ3n) is 3.59. The van der Waals surface area contributed by atoms with Gasteiger partial charge in [-0.1, -0.05) is 44.2 Å². The summed E-state index contributed by atoms with van der Waals surface area (Å²) in [6, 6.07) is 13.8. The fourth-order valence-corrected chi connectivity index (χ4v) is 2.19. The topological polar surface area (TPSA) is 54.0 Å². The average molecular weight is 311 g/mol. The lowest BCUT2D eigenvalue weighted by Crippen LogP contribution is -2.26. The van der Waals surface area contributed by atoms with Gasteiger partial charge in [-0.3, -0.25) is 4.79 Å². The van der Waals surface area contributed by atoms with Crippen molar-refractivity contribution in [3.63, 3.8) is 0 Å². The van der Waals surface area contributed by atoms with E-state index in [0.29, 0.717) is 18.2 Å². The Kier molecular flexibility index (Phi) is 6.60. The molecule has 1 heterocycles. The zero-order chi connectivity index (χ0) is 16.5. The van der Waals surface area contributed by atoms with E-state index in [1.54, 1.807) is 12.3 Å². The molecular weight excluding hydrogens is 286 g/mol. The van der Waals surface area contributed by atoms with Crippen LogP contribution in [0, 0.1) is 5.92 Å². The van der Waals surface area contributed by atoms with E-state index in [2.05, 4.69) is 41.6 Å². The molecule has 1 amide bonds. The number of hydrogen-bond acceptors (Lipinski definition) is 3. The van der Waals surface area contributed by atoms with Crippen LogP contribution in [0.25, 0.3) is 0 Å². The van der Waals surface area contributed by atoms with Gasteiger partial charge >= 0.3 is 0 Å². The summed E-state index contributed by atoms with van der Waals surface area (Å²) in [6.45, 7) is 5.92. The van der Waals surface area contributed by atoms with Crippen molar-refractivity contribution < 1.29 is 4.79 Å². The maximum atomic E-state index is 12.1. The molecule has 2 N–H and O–H groups in total. The number of nitrogens with zero attached hydrogens (tertiary/aromatic N) is 1. The highest BCUT2D eigenvalue weighted by Crippen LogP contribution is 2.08. The number of carbonyl (C=O) groups is 1. The van der Waals surface area contributed by atoms with Crippen molar-refractivity contribution in [1.82, 2.24) is 10.3 Å². The molecule has 23 heavy (non-hydrogen) atoms. The second-order valence-corrected chi connectivity index (χ2v) is 6.03. The van der Waals surface area contributed by atoms with Crippen LogP contribution >= 0.6 is 0 Å². The molecule has 0 bridgehead atoms. The molecule has 0 unspecified atom stereocenters. The SMILES string of the molecule is CC(C)CCNc1ccc(C(=O)NCCc2ccccc2)nc1. The van der Waals surface area contributed by atoms with E-state index in [0.717, 1.165) is 25.1 Å². The smallest absolute Gasteiger partial charge is 0.269 e. The zero-order valence-electron chi connectivity index (χ0n) is 13.9. The first-order valence-electron chi connectivity index (χ1n) is 8.17. The molecule has 0 aliphatic rings. The van der Waals surface area contributed by atoms with E-state index in [1.165, 1.54) is 5.56 Å². The summed E-state index contributed by atoms with van der Waals surface area (Å²) >= 11 is 0. The molecule has 1 aromatic heterocycles. The monoisotopic (exact) mass is 311 g/mol. The van der Waals surface area contributed by atoms with Gasteiger partial charge in [0.25, 0.3) is 5.91 Å². The Morgan fingerprint density at radius 2 is 1.87 bits per heavy atom. The average Bonchev–Trinajstić information content (AvgIpc) is 2.56. The molecule has 0 radical (unpaired) electrons. The molecule has 122 valence electrons. The van der Waals surface area contributed by atoms with E-state index in [4.69, 9.17) is 0 Å². The Morgan fingerprint density at radius 1 is 1.09 bits per heavy atom. The highest BCUT2D eigenvalue weighted by Gasteiger charge is 2.06. The van der Waals surface area contributed by atoms with Crippen LogP contribution < -0.4 is 10.6 Å². The lowest BCUT2D eigenvalue weighted by molar-refractivity contribution is 0.0949. The fourth-order valence-electron chi connectivity index (χ4n) is 2.19. The van der Waals surface area contributed by atoms with Gasteiger partial charge in [-0.05, 0) is 36.5 Å². The second kappa shape index (κ2) is 8.93. The molecule has 4 heteroatoms. The Balaban J connectivity index is 1.76. The summed E-state index contributed by atoms with van der Waals surface area (Å²) in [6.07, 6.45) is 3.65. The van der Waals surface area contributed by atoms with Crippen molar-refractivity contribution in [3.8, 4) is 0 Å². The van der Waals surface area contributed by atoms with Crippen LogP contribution in [0.1, 0.15) is 36.3 Å². The first-order chi connectivity index (χ1) is 11.1. The molecule has 0 fully saturated rings. The van der Waals surface area contributed by atoms with Crippen LogP contribution in [0.5, 0.6) is 0 Å². The molecule has 0 aliphatic carbocycles. The van der Waals surface area contributed by atoms with Crippen molar-refractivity contribution in [2.24, 2.45) is 5.92 Å². The molecule has 0 aliphatic heterocycles. The van der Waals surface area contributed by atoms with Gasteiger partial charge in [-0.15, -0.1) is 0 Å². The molecule has 0 atom stereocenters. The first-order valence-corrected chi connectivity index (χ1v) is 8.17. The predicted octanol–water partition coefficient (Wildman–Crippen LogP) is 3.51. The molecule has 0 spiro atoms. The van der Waals surface area contributed by atoms with E-state index in [9.17, 15) is 4.79 Å². The fraction of sp³-hybridized carbons (Fsp3) is 0.368. The molecule has 2 aromatic rings. The Hall–Kier alpha value is -2.36. The Labute approximate surface area is 138 Å². The van der Waals surface area contributed by atoms with Gasteiger partial charge in [-0.25, -0.2) is 4.98 Å². The van der Waals surface area contributed by atoms with Gasteiger partial charge in [0, 0.05) is 13.1 Å². The first kappa shape index (κ1) is 17.0. The maximum absolute atomic E-state index is 12.1. The van der Waals surface area contributed by atoms with Crippen LogP contribution in [-0.2, 0) is 6.42 Å².